The van der Waals surface area contributed by atoms with Crippen LogP contribution in [0.25, 0.3) is 22.1 Å². The second-order valence-corrected chi connectivity index (χ2v) is 7.58. The summed E-state index contributed by atoms with van der Waals surface area (Å²) in [6.07, 6.45) is 0. The molecule has 2 aromatic carbocycles. The summed E-state index contributed by atoms with van der Waals surface area (Å²) in [5, 5.41) is 12.7. The van der Waals surface area contributed by atoms with E-state index in [1.54, 1.807) is 0 Å². The maximum Gasteiger partial charge on any atom is 0.234 e. The van der Waals surface area contributed by atoms with Crippen LogP contribution in [0.5, 0.6) is 0 Å². The first-order chi connectivity index (χ1) is 12.6. The van der Waals surface area contributed by atoms with E-state index in [2.05, 4.69) is 47.5 Å². The molecule has 26 heavy (non-hydrogen) atoms. The number of hydrogen-bond donors (Lipinski definition) is 2. The topological polar surface area (TPSA) is 83.6 Å². The molecule has 130 valence electrons. The van der Waals surface area contributed by atoms with E-state index in [0.717, 1.165) is 32.1 Å². The number of amides is 1. The van der Waals surface area contributed by atoms with Crippen LogP contribution in [0.15, 0.2) is 52.1 Å². The summed E-state index contributed by atoms with van der Waals surface area (Å²) in [7, 11) is 0. The van der Waals surface area contributed by atoms with Crippen LogP contribution < -0.4 is 5.32 Å². The predicted molar refractivity (Wildman–Crippen MR) is 107 cm³/mol. The van der Waals surface area contributed by atoms with Gasteiger partial charge in [-0.15, -0.1) is 10.2 Å². The molecule has 0 aliphatic heterocycles. The number of thioether (sulfide) groups is 1. The minimum atomic E-state index is -0.127. The average molecular weight is 428 g/mol. The Morgan fingerprint density at radius 3 is 2.92 bits per heavy atom. The monoisotopic (exact) mass is 427 g/mol. The van der Waals surface area contributed by atoms with Crippen molar-refractivity contribution in [2.45, 2.75) is 12.1 Å². The van der Waals surface area contributed by atoms with Crippen LogP contribution in [0.2, 0.25) is 0 Å². The number of aromatic nitrogens is 4. The summed E-state index contributed by atoms with van der Waals surface area (Å²) in [5.74, 6) is 0.0753. The molecule has 0 atom stereocenters. The maximum absolute atomic E-state index is 12.1. The van der Waals surface area contributed by atoms with Crippen molar-refractivity contribution in [2.75, 3.05) is 11.1 Å². The Bertz CT molecular complexity index is 1130. The molecule has 4 aromatic rings. The molecule has 0 radical (unpaired) electrons. The molecule has 0 spiro atoms. The molecule has 1 amide bonds. The zero-order chi connectivity index (χ0) is 18.1. The van der Waals surface area contributed by atoms with Gasteiger partial charge < -0.3 is 10.3 Å². The summed E-state index contributed by atoms with van der Waals surface area (Å²) in [5.41, 5.74) is 4.28. The van der Waals surface area contributed by atoms with E-state index >= 15 is 0 Å². The second-order valence-electron chi connectivity index (χ2n) is 5.78. The van der Waals surface area contributed by atoms with E-state index in [1.807, 2.05) is 43.3 Å². The molecule has 0 bridgehead atoms. The number of aromatic amines is 1. The third-order valence-electron chi connectivity index (χ3n) is 3.83. The van der Waals surface area contributed by atoms with Crippen LogP contribution >= 0.6 is 27.7 Å². The Morgan fingerprint density at radius 2 is 2.08 bits per heavy atom. The molecule has 0 saturated heterocycles. The Balaban J connectivity index is 1.50. The summed E-state index contributed by atoms with van der Waals surface area (Å²) in [6, 6.07) is 13.6. The molecule has 0 aliphatic rings. The number of nitrogens with one attached hydrogen (secondary N) is 2. The number of carbonyl (C=O) groups is 1. The maximum atomic E-state index is 12.1. The minimum absolute atomic E-state index is 0.127. The predicted octanol–water partition coefficient (Wildman–Crippen LogP) is 4.31. The number of hydrogen-bond acceptors (Lipinski definition) is 5. The van der Waals surface area contributed by atoms with Crippen LogP contribution in [0.3, 0.4) is 0 Å². The first-order valence-electron chi connectivity index (χ1n) is 7.90. The fourth-order valence-electron chi connectivity index (χ4n) is 2.61. The standard InChI is InChI=1S/C18H14BrN5OS/c1-10-6-7-13-11(8-10)16-17(21-13)22-18(24-23-16)26-9-15(25)20-14-5-3-2-4-12(14)19/h2-8H,9H2,1H3,(H,20,25)(H,21,22,24). The molecule has 0 aliphatic carbocycles. The van der Waals surface area contributed by atoms with Crippen molar-refractivity contribution in [2.24, 2.45) is 0 Å². The molecule has 6 nitrogen and oxygen atoms in total. The van der Waals surface area contributed by atoms with Gasteiger partial charge in [-0.3, -0.25) is 4.79 Å². The summed E-state index contributed by atoms with van der Waals surface area (Å²) in [6.45, 7) is 2.03. The molecule has 0 unspecified atom stereocenters. The fraction of sp³-hybridized carbons (Fsp3) is 0.111. The van der Waals surface area contributed by atoms with Gasteiger partial charge in [0.1, 0.15) is 5.52 Å². The summed E-state index contributed by atoms with van der Waals surface area (Å²) < 4.78 is 0.839. The molecule has 2 N–H and O–H groups in total. The molecular formula is C18H14BrN5OS. The third kappa shape index (κ3) is 3.42. The van der Waals surface area contributed by atoms with Gasteiger partial charge in [-0.25, -0.2) is 4.98 Å². The largest absolute Gasteiger partial charge is 0.338 e. The summed E-state index contributed by atoms with van der Waals surface area (Å²) >= 11 is 4.66. The molecule has 8 heteroatoms. The van der Waals surface area contributed by atoms with Crippen molar-refractivity contribution in [1.82, 2.24) is 20.2 Å². The van der Waals surface area contributed by atoms with E-state index in [9.17, 15) is 4.79 Å². The minimum Gasteiger partial charge on any atom is -0.338 e. The molecular weight excluding hydrogens is 414 g/mol. The molecule has 4 rings (SSSR count). The van der Waals surface area contributed by atoms with Crippen LogP contribution in [0, 0.1) is 6.92 Å². The Kier molecular flexibility index (Phi) is 4.60. The lowest BCUT2D eigenvalue weighted by Crippen LogP contribution is -2.14. The molecule has 2 heterocycles. The normalized spacial score (nSPS) is 11.2. The van der Waals surface area contributed by atoms with Crippen LogP contribution in [0.1, 0.15) is 5.56 Å². The summed E-state index contributed by atoms with van der Waals surface area (Å²) in [4.78, 5) is 19.9. The van der Waals surface area contributed by atoms with E-state index in [0.29, 0.717) is 10.8 Å². The Labute approximate surface area is 161 Å². The van der Waals surface area contributed by atoms with Gasteiger partial charge in [0.15, 0.2) is 5.65 Å². The number of nitrogens with zero attached hydrogens (tertiary/aromatic N) is 3. The number of para-hydroxylation sites is 1. The number of benzene rings is 2. The third-order valence-corrected chi connectivity index (χ3v) is 5.36. The molecule has 0 fully saturated rings. The highest BCUT2D eigenvalue weighted by atomic mass is 79.9. The van der Waals surface area contributed by atoms with Crippen LogP contribution in [-0.2, 0) is 4.79 Å². The van der Waals surface area contributed by atoms with E-state index in [1.165, 1.54) is 11.8 Å². The van der Waals surface area contributed by atoms with Crippen molar-refractivity contribution in [1.29, 1.82) is 0 Å². The van der Waals surface area contributed by atoms with Gasteiger partial charge in [-0.2, -0.15) is 0 Å². The van der Waals surface area contributed by atoms with Gasteiger partial charge >= 0.3 is 0 Å². The van der Waals surface area contributed by atoms with Crippen molar-refractivity contribution in [3.63, 3.8) is 0 Å². The van der Waals surface area contributed by atoms with Gasteiger partial charge in [-0.1, -0.05) is 35.5 Å². The highest BCUT2D eigenvalue weighted by Gasteiger charge is 2.11. The smallest absolute Gasteiger partial charge is 0.234 e. The number of aryl methyl sites for hydroxylation is 1. The first-order valence-corrected chi connectivity index (χ1v) is 9.68. The lowest BCUT2D eigenvalue weighted by Gasteiger charge is -2.06. The highest BCUT2D eigenvalue weighted by Crippen LogP contribution is 2.25. The number of anilines is 1. The zero-order valence-electron chi connectivity index (χ0n) is 13.8. The van der Waals surface area contributed by atoms with E-state index < -0.39 is 0 Å². The van der Waals surface area contributed by atoms with Crippen molar-refractivity contribution < 1.29 is 4.79 Å². The van der Waals surface area contributed by atoms with Gasteiger partial charge in [0.05, 0.1) is 11.4 Å². The SMILES string of the molecule is Cc1ccc2[nH]c3nc(SCC(=O)Nc4ccccc4Br)nnc3c2c1. The fourth-order valence-corrected chi connectivity index (χ4v) is 3.58. The van der Waals surface area contributed by atoms with Gasteiger partial charge in [0.2, 0.25) is 11.1 Å². The number of halogens is 1. The first kappa shape index (κ1) is 17.0. The number of rotatable bonds is 4. The lowest BCUT2D eigenvalue weighted by molar-refractivity contribution is -0.113. The van der Waals surface area contributed by atoms with Crippen molar-refractivity contribution in [3.8, 4) is 0 Å². The Morgan fingerprint density at radius 1 is 1.23 bits per heavy atom. The number of fused-ring (bicyclic) bond motifs is 3. The van der Waals surface area contributed by atoms with Crippen molar-refractivity contribution >= 4 is 61.4 Å². The second kappa shape index (κ2) is 7.05. The van der Waals surface area contributed by atoms with Gasteiger partial charge in [0.25, 0.3) is 0 Å². The zero-order valence-corrected chi connectivity index (χ0v) is 16.2. The molecule has 0 saturated carbocycles. The highest BCUT2D eigenvalue weighted by molar-refractivity contribution is 9.10. The number of H-pyrrole nitrogens is 1. The average Bonchev–Trinajstić information content (AvgIpc) is 2.99. The van der Waals surface area contributed by atoms with E-state index in [-0.39, 0.29) is 11.7 Å². The van der Waals surface area contributed by atoms with Crippen LogP contribution in [0.4, 0.5) is 5.69 Å². The van der Waals surface area contributed by atoms with E-state index in [4.69, 9.17) is 0 Å². The Hall–Kier alpha value is -2.45. The van der Waals surface area contributed by atoms with Gasteiger partial charge in [0, 0.05) is 15.4 Å². The molecule has 2 aromatic heterocycles. The van der Waals surface area contributed by atoms with Crippen LogP contribution in [-0.4, -0.2) is 31.8 Å². The number of carbonyl (C=O) groups excluding carboxylic acids is 1. The van der Waals surface area contributed by atoms with Gasteiger partial charge in [-0.05, 0) is 47.1 Å². The lowest BCUT2D eigenvalue weighted by atomic mass is 10.2. The van der Waals surface area contributed by atoms with Crippen molar-refractivity contribution in [3.05, 3.63) is 52.5 Å². The quantitative estimate of drug-likeness (QED) is 0.474.